The predicted molar refractivity (Wildman–Crippen MR) is 67.5 cm³/mol. The van der Waals surface area contributed by atoms with Crippen molar-refractivity contribution in [3.8, 4) is 0 Å². The summed E-state index contributed by atoms with van der Waals surface area (Å²) >= 11 is 0.828. The summed E-state index contributed by atoms with van der Waals surface area (Å²) in [7, 11) is 0. The molecule has 0 bridgehead atoms. The zero-order valence-corrected chi connectivity index (χ0v) is 11.8. The van der Waals surface area contributed by atoms with Gasteiger partial charge in [0.25, 0.3) is 0 Å². The summed E-state index contributed by atoms with van der Waals surface area (Å²) in [6, 6.07) is -0.631. The maximum Gasteiger partial charge on any atom is 0.434 e. The quantitative estimate of drug-likeness (QED) is 0.873. The summed E-state index contributed by atoms with van der Waals surface area (Å²) < 4.78 is 37.5. The lowest BCUT2D eigenvalue weighted by Gasteiger charge is -2.14. The molecule has 21 heavy (non-hydrogen) atoms. The van der Waals surface area contributed by atoms with Crippen LogP contribution in [0.3, 0.4) is 0 Å². The van der Waals surface area contributed by atoms with Gasteiger partial charge in [-0.25, -0.2) is 4.98 Å². The molecule has 5 nitrogen and oxygen atoms in total. The second-order valence-electron chi connectivity index (χ2n) is 4.83. The highest BCUT2D eigenvalue weighted by Crippen LogP contribution is 2.39. The number of nitrogens with zero attached hydrogens (tertiary/aromatic N) is 1. The molecule has 0 radical (unpaired) electrons. The Labute approximate surface area is 122 Å². The van der Waals surface area contributed by atoms with Crippen molar-refractivity contribution < 1.29 is 27.9 Å². The molecule has 9 heteroatoms. The fraction of sp³-hybridized carbons (Fsp3) is 0.583. The number of hydrogen-bond acceptors (Lipinski definition) is 4. The van der Waals surface area contributed by atoms with E-state index in [2.05, 4.69) is 10.3 Å². The van der Waals surface area contributed by atoms with Crippen molar-refractivity contribution in [2.75, 3.05) is 0 Å². The fourth-order valence-corrected chi connectivity index (χ4v) is 2.91. The SMILES string of the molecule is CC[C@H](NC(=O)[C@@H]1C[C@H]1C(=O)O)c1nc(C(F)(F)F)cs1. The molecule has 3 atom stereocenters. The van der Waals surface area contributed by atoms with Gasteiger partial charge in [-0.3, -0.25) is 9.59 Å². The highest BCUT2D eigenvalue weighted by atomic mass is 32.1. The minimum Gasteiger partial charge on any atom is -0.481 e. The maximum atomic E-state index is 12.5. The first-order valence-corrected chi connectivity index (χ1v) is 7.17. The van der Waals surface area contributed by atoms with Gasteiger partial charge in [-0.15, -0.1) is 11.3 Å². The van der Waals surface area contributed by atoms with E-state index < -0.39 is 41.6 Å². The zero-order valence-electron chi connectivity index (χ0n) is 11.0. The van der Waals surface area contributed by atoms with Crippen molar-refractivity contribution in [1.82, 2.24) is 10.3 Å². The fourth-order valence-electron chi connectivity index (χ4n) is 1.95. The van der Waals surface area contributed by atoms with E-state index in [0.717, 1.165) is 16.7 Å². The van der Waals surface area contributed by atoms with Gasteiger partial charge in [0.1, 0.15) is 5.01 Å². The number of halogens is 3. The van der Waals surface area contributed by atoms with E-state index in [1.165, 1.54) is 0 Å². The number of aliphatic carboxylic acids is 1. The molecule has 2 rings (SSSR count). The molecule has 116 valence electrons. The van der Waals surface area contributed by atoms with Crippen molar-refractivity contribution in [3.63, 3.8) is 0 Å². The Balaban J connectivity index is 2.02. The number of carbonyl (C=O) groups is 2. The predicted octanol–water partition coefficient (Wildman–Crippen LogP) is 2.45. The average molecular weight is 322 g/mol. The number of alkyl halides is 3. The summed E-state index contributed by atoms with van der Waals surface area (Å²) in [6.07, 6.45) is -3.87. The Hall–Kier alpha value is -1.64. The smallest absolute Gasteiger partial charge is 0.434 e. The second kappa shape index (κ2) is 5.63. The molecule has 1 fully saturated rings. The average Bonchev–Trinajstić information content (AvgIpc) is 3.04. The normalized spacial score (nSPS) is 22.7. The van der Waals surface area contributed by atoms with Crippen LogP contribution < -0.4 is 5.32 Å². The first-order chi connectivity index (χ1) is 9.74. The van der Waals surface area contributed by atoms with E-state index >= 15 is 0 Å². The summed E-state index contributed by atoms with van der Waals surface area (Å²) in [6.45, 7) is 1.71. The molecule has 1 aromatic heterocycles. The van der Waals surface area contributed by atoms with Crippen molar-refractivity contribution >= 4 is 23.2 Å². The lowest BCUT2D eigenvalue weighted by Crippen LogP contribution is -2.30. The lowest BCUT2D eigenvalue weighted by molar-refractivity contribution is -0.141. The van der Waals surface area contributed by atoms with Crippen molar-refractivity contribution in [3.05, 3.63) is 16.1 Å². The van der Waals surface area contributed by atoms with E-state index in [1.54, 1.807) is 6.92 Å². The highest BCUT2D eigenvalue weighted by Gasteiger charge is 2.48. The number of amides is 1. The molecule has 1 heterocycles. The molecular weight excluding hydrogens is 309 g/mol. The number of nitrogens with one attached hydrogen (secondary N) is 1. The molecule has 0 aromatic carbocycles. The standard InChI is InChI=1S/C12H13F3N2O3S/c1-2-7(10-17-8(4-21-10)12(13,14)15)16-9(18)5-3-6(5)11(19)20/h4-7H,2-3H2,1H3,(H,16,18)(H,19,20)/t5-,6-,7+/m1/s1. The molecule has 2 N–H and O–H groups in total. The Morgan fingerprint density at radius 2 is 2.19 bits per heavy atom. The third kappa shape index (κ3) is 3.52. The largest absolute Gasteiger partial charge is 0.481 e. The molecule has 0 spiro atoms. The lowest BCUT2D eigenvalue weighted by atomic mass is 10.2. The molecule has 0 aliphatic heterocycles. The van der Waals surface area contributed by atoms with Crippen LogP contribution in [-0.2, 0) is 15.8 Å². The molecule has 1 aliphatic carbocycles. The van der Waals surface area contributed by atoms with Gasteiger partial charge in [0.2, 0.25) is 5.91 Å². The summed E-state index contributed by atoms with van der Waals surface area (Å²) in [5, 5.41) is 12.4. The number of aromatic nitrogens is 1. The van der Waals surface area contributed by atoms with Gasteiger partial charge in [-0.05, 0) is 12.8 Å². The first-order valence-electron chi connectivity index (χ1n) is 6.29. The molecule has 1 saturated carbocycles. The summed E-state index contributed by atoms with van der Waals surface area (Å²) in [5.74, 6) is -2.77. The van der Waals surface area contributed by atoms with Gasteiger partial charge >= 0.3 is 12.1 Å². The number of carboxylic acids is 1. The van der Waals surface area contributed by atoms with Crippen molar-refractivity contribution in [2.45, 2.75) is 32.0 Å². The Kier molecular flexibility index (Phi) is 4.22. The van der Waals surface area contributed by atoms with Crippen LogP contribution in [0.2, 0.25) is 0 Å². The molecule has 1 aliphatic rings. The van der Waals surface area contributed by atoms with Gasteiger partial charge in [-0.2, -0.15) is 13.2 Å². The molecule has 0 unspecified atom stereocenters. The van der Waals surface area contributed by atoms with Crippen molar-refractivity contribution in [2.24, 2.45) is 11.8 Å². The molecule has 1 aromatic rings. The number of hydrogen-bond donors (Lipinski definition) is 2. The van der Waals surface area contributed by atoms with Gasteiger partial charge in [0, 0.05) is 5.38 Å². The number of rotatable bonds is 5. The van der Waals surface area contributed by atoms with Crippen LogP contribution in [-0.4, -0.2) is 22.0 Å². The van der Waals surface area contributed by atoms with Crippen LogP contribution in [0.4, 0.5) is 13.2 Å². The molecule has 1 amide bonds. The van der Waals surface area contributed by atoms with Crippen molar-refractivity contribution in [1.29, 1.82) is 0 Å². The van der Waals surface area contributed by atoms with Gasteiger partial charge in [0.15, 0.2) is 5.69 Å². The second-order valence-corrected chi connectivity index (χ2v) is 5.71. The van der Waals surface area contributed by atoms with Gasteiger partial charge < -0.3 is 10.4 Å². The Morgan fingerprint density at radius 3 is 2.62 bits per heavy atom. The minimum atomic E-state index is -4.51. The van der Waals surface area contributed by atoms with E-state index in [9.17, 15) is 22.8 Å². The van der Waals surface area contributed by atoms with Crippen LogP contribution in [0.25, 0.3) is 0 Å². The summed E-state index contributed by atoms with van der Waals surface area (Å²) in [5.41, 5.74) is -0.981. The Bertz CT molecular complexity index is 558. The van der Waals surface area contributed by atoms with Gasteiger partial charge in [0.05, 0.1) is 17.9 Å². The summed E-state index contributed by atoms with van der Waals surface area (Å²) in [4.78, 5) is 26.0. The van der Waals surface area contributed by atoms with E-state index in [1.807, 2.05) is 0 Å². The molecule has 0 saturated heterocycles. The van der Waals surface area contributed by atoms with Crippen LogP contribution >= 0.6 is 11.3 Å². The monoisotopic (exact) mass is 322 g/mol. The number of carboxylic acid groups (broad SMARTS) is 1. The topological polar surface area (TPSA) is 79.3 Å². The third-order valence-electron chi connectivity index (χ3n) is 3.28. The van der Waals surface area contributed by atoms with E-state index in [-0.39, 0.29) is 11.4 Å². The first kappa shape index (κ1) is 15.7. The zero-order chi connectivity index (χ0) is 15.8. The minimum absolute atomic E-state index is 0.172. The number of carbonyl (C=O) groups excluding carboxylic acids is 1. The van der Waals surface area contributed by atoms with Crippen LogP contribution in [0, 0.1) is 11.8 Å². The third-order valence-corrected chi connectivity index (χ3v) is 4.24. The van der Waals surface area contributed by atoms with Crippen LogP contribution in [0.1, 0.15) is 36.5 Å². The van der Waals surface area contributed by atoms with E-state index in [0.29, 0.717) is 6.42 Å². The molecular formula is C12H13F3N2O3S. The highest BCUT2D eigenvalue weighted by molar-refractivity contribution is 7.09. The van der Waals surface area contributed by atoms with E-state index in [4.69, 9.17) is 5.11 Å². The number of thiazole rings is 1. The maximum absolute atomic E-state index is 12.5. The van der Waals surface area contributed by atoms with Crippen LogP contribution in [0.15, 0.2) is 5.38 Å². The van der Waals surface area contributed by atoms with Crippen LogP contribution in [0.5, 0.6) is 0 Å². The Morgan fingerprint density at radius 1 is 1.52 bits per heavy atom. The van der Waals surface area contributed by atoms with Gasteiger partial charge in [-0.1, -0.05) is 6.92 Å².